The van der Waals surface area contributed by atoms with Crippen LogP contribution >= 0.6 is 11.6 Å². The van der Waals surface area contributed by atoms with Crippen molar-refractivity contribution in [1.82, 2.24) is 19.3 Å². The van der Waals surface area contributed by atoms with Gasteiger partial charge in [0.05, 0.1) is 23.6 Å². The minimum Gasteiger partial charge on any atom is -0.308 e. The molecule has 0 spiro atoms. The molecule has 12 heteroatoms. The van der Waals surface area contributed by atoms with E-state index in [1.165, 1.54) is 6.07 Å². The minimum atomic E-state index is -3.75. The molecule has 2 aromatic heterocycles. The van der Waals surface area contributed by atoms with E-state index in [1.807, 2.05) is 27.7 Å². The smallest absolute Gasteiger partial charge is 0.283 e. The van der Waals surface area contributed by atoms with Gasteiger partial charge in [0.1, 0.15) is 17.0 Å². The molecule has 1 aromatic carbocycles. The maximum atomic E-state index is 12.6. The quantitative estimate of drug-likeness (QED) is 0.307. The van der Waals surface area contributed by atoms with Crippen LogP contribution < -0.4 is 9.79 Å². The van der Waals surface area contributed by atoms with Crippen LogP contribution in [0.3, 0.4) is 0 Å². The van der Waals surface area contributed by atoms with Crippen molar-refractivity contribution < 1.29 is 22.8 Å². The van der Waals surface area contributed by atoms with Gasteiger partial charge in [0.2, 0.25) is 16.4 Å². The van der Waals surface area contributed by atoms with Crippen molar-refractivity contribution in [3.63, 3.8) is 0 Å². The lowest BCUT2D eigenvalue weighted by Crippen LogP contribution is -2.33. The van der Waals surface area contributed by atoms with Gasteiger partial charge in [-0.05, 0) is 63.9 Å². The zero-order valence-corrected chi connectivity index (χ0v) is 22.5. The molecular weight excluding hydrogens is 506 g/mol. The van der Waals surface area contributed by atoms with Crippen molar-refractivity contribution in [3.8, 4) is 0 Å². The summed E-state index contributed by atoms with van der Waals surface area (Å²) in [4.78, 5) is 38.6. The number of benzene rings is 1. The van der Waals surface area contributed by atoms with Crippen LogP contribution in [0, 0.1) is 6.92 Å². The summed E-state index contributed by atoms with van der Waals surface area (Å²) in [6.07, 6.45) is 1.72. The molecule has 3 rings (SSSR count). The summed E-state index contributed by atoms with van der Waals surface area (Å²) in [6, 6.07) is 8.16. The fourth-order valence-corrected chi connectivity index (χ4v) is 4.80. The van der Waals surface area contributed by atoms with Crippen LogP contribution in [0.25, 0.3) is 11.2 Å². The van der Waals surface area contributed by atoms with Gasteiger partial charge in [-0.25, -0.2) is 23.1 Å². The molecule has 0 radical (unpaired) electrons. The van der Waals surface area contributed by atoms with Crippen LogP contribution in [0.1, 0.15) is 62.4 Å². The number of amides is 2. The highest BCUT2D eigenvalue weighted by Gasteiger charge is 2.21. The van der Waals surface area contributed by atoms with Crippen molar-refractivity contribution in [3.05, 3.63) is 52.4 Å². The van der Waals surface area contributed by atoms with E-state index in [0.29, 0.717) is 47.0 Å². The number of anilines is 1. The molecule has 0 aliphatic rings. The summed E-state index contributed by atoms with van der Waals surface area (Å²) in [5.74, 6) is -0.296. The highest BCUT2D eigenvalue weighted by atomic mass is 35.5. The van der Waals surface area contributed by atoms with E-state index in [9.17, 15) is 18.0 Å². The second kappa shape index (κ2) is 10.9. The van der Waals surface area contributed by atoms with Gasteiger partial charge in [-0.2, -0.15) is 5.06 Å². The summed E-state index contributed by atoms with van der Waals surface area (Å²) in [5, 5.41) is 1.52. The molecule has 2 heterocycles. The SMILES string of the molecule is CCCCS(=O)(=O)NC(=O)c1ccc2nc(C)n(Cc3ccc(N(C=O)OC(C)(C)C)cc3Cl)c2n1. The first-order valence-electron chi connectivity index (χ1n) is 11.4. The van der Waals surface area contributed by atoms with Crippen LogP contribution in [0.15, 0.2) is 30.3 Å². The molecular formula is C24H30ClN5O5S. The number of sulfonamides is 1. The molecule has 0 aliphatic heterocycles. The Labute approximate surface area is 215 Å². The number of imidazole rings is 1. The topological polar surface area (TPSA) is 123 Å². The first kappa shape index (κ1) is 27.6. The van der Waals surface area contributed by atoms with Gasteiger partial charge < -0.3 is 4.57 Å². The molecule has 0 bridgehead atoms. The van der Waals surface area contributed by atoms with Crippen LogP contribution in [0.4, 0.5) is 5.69 Å². The van der Waals surface area contributed by atoms with E-state index in [4.69, 9.17) is 16.4 Å². The molecule has 3 aromatic rings. The lowest BCUT2D eigenvalue weighted by Gasteiger charge is -2.26. The Bertz CT molecular complexity index is 1380. The van der Waals surface area contributed by atoms with Gasteiger partial charge in [0.15, 0.2) is 5.65 Å². The van der Waals surface area contributed by atoms with E-state index >= 15 is 0 Å². The Kier molecular flexibility index (Phi) is 8.37. The second-order valence-corrected chi connectivity index (χ2v) is 11.5. The lowest BCUT2D eigenvalue weighted by atomic mass is 10.2. The van der Waals surface area contributed by atoms with Crippen molar-refractivity contribution >= 4 is 50.8 Å². The monoisotopic (exact) mass is 535 g/mol. The zero-order chi connectivity index (χ0) is 26.7. The van der Waals surface area contributed by atoms with Crippen LogP contribution in [0.5, 0.6) is 0 Å². The Morgan fingerprint density at radius 1 is 1.22 bits per heavy atom. The number of hydrogen-bond donors (Lipinski definition) is 1. The number of hydrogen-bond acceptors (Lipinski definition) is 7. The molecule has 0 atom stereocenters. The average molecular weight is 536 g/mol. The molecule has 0 fully saturated rings. The highest BCUT2D eigenvalue weighted by Crippen LogP contribution is 2.27. The Morgan fingerprint density at radius 2 is 1.94 bits per heavy atom. The first-order chi connectivity index (χ1) is 16.8. The number of aromatic nitrogens is 3. The van der Waals surface area contributed by atoms with Gasteiger partial charge in [-0.15, -0.1) is 0 Å². The molecule has 0 aliphatic carbocycles. The molecule has 0 unspecified atom stereocenters. The van der Waals surface area contributed by atoms with Gasteiger partial charge in [0.25, 0.3) is 5.91 Å². The molecule has 2 amide bonds. The number of halogens is 1. The molecule has 1 N–H and O–H groups in total. The number of unbranched alkanes of at least 4 members (excludes halogenated alkanes) is 1. The summed E-state index contributed by atoms with van der Waals surface area (Å²) < 4.78 is 28.1. The molecule has 0 saturated carbocycles. The molecule has 0 saturated heterocycles. The van der Waals surface area contributed by atoms with Crippen molar-refractivity contribution in [2.24, 2.45) is 0 Å². The number of pyridine rings is 1. The number of nitrogens with zero attached hydrogens (tertiary/aromatic N) is 4. The predicted molar refractivity (Wildman–Crippen MR) is 138 cm³/mol. The van der Waals surface area contributed by atoms with Gasteiger partial charge in [-0.1, -0.05) is 31.0 Å². The van der Waals surface area contributed by atoms with Crippen molar-refractivity contribution in [1.29, 1.82) is 0 Å². The number of aryl methyl sites for hydroxylation is 1. The van der Waals surface area contributed by atoms with Crippen molar-refractivity contribution in [2.45, 2.75) is 59.6 Å². The first-order valence-corrected chi connectivity index (χ1v) is 13.5. The van der Waals surface area contributed by atoms with E-state index < -0.39 is 21.5 Å². The number of fused-ring (bicyclic) bond motifs is 1. The van der Waals surface area contributed by atoms with E-state index in [0.717, 1.165) is 10.6 Å². The average Bonchev–Trinajstić information content (AvgIpc) is 3.10. The number of nitrogens with one attached hydrogen (secondary N) is 1. The largest absolute Gasteiger partial charge is 0.308 e. The van der Waals surface area contributed by atoms with Gasteiger partial charge >= 0.3 is 0 Å². The Morgan fingerprint density at radius 3 is 2.56 bits per heavy atom. The number of rotatable bonds is 10. The zero-order valence-electron chi connectivity index (χ0n) is 20.9. The van der Waals surface area contributed by atoms with Crippen LogP contribution in [-0.2, 0) is 26.2 Å². The van der Waals surface area contributed by atoms with E-state index in [1.54, 1.807) is 35.8 Å². The van der Waals surface area contributed by atoms with E-state index in [2.05, 4.69) is 14.7 Å². The Balaban J connectivity index is 1.89. The van der Waals surface area contributed by atoms with E-state index in [-0.39, 0.29) is 18.0 Å². The fraction of sp³-hybridized carbons (Fsp3) is 0.417. The summed E-state index contributed by atoms with van der Waals surface area (Å²) in [5.41, 5.74) is 1.55. The third-order valence-corrected chi connectivity index (χ3v) is 6.79. The van der Waals surface area contributed by atoms with Crippen molar-refractivity contribution in [2.75, 3.05) is 10.8 Å². The third-order valence-electron chi connectivity index (χ3n) is 5.12. The summed E-state index contributed by atoms with van der Waals surface area (Å²) >= 11 is 6.53. The highest BCUT2D eigenvalue weighted by molar-refractivity contribution is 7.90. The summed E-state index contributed by atoms with van der Waals surface area (Å²) in [6.45, 7) is 9.44. The van der Waals surface area contributed by atoms with Crippen LogP contribution in [0.2, 0.25) is 5.02 Å². The molecule has 36 heavy (non-hydrogen) atoms. The normalized spacial score (nSPS) is 12.1. The standard InChI is InChI=1S/C24H30ClN5O5S/c1-6-7-12-36(33,34)28-23(32)21-11-10-20-22(27-21)29(16(2)26-20)14-17-8-9-18(13-19(17)25)30(15-31)35-24(3,4)5/h8-11,13,15H,6-7,12,14H2,1-5H3,(H,28,32). The molecule has 10 nitrogen and oxygen atoms in total. The lowest BCUT2D eigenvalue weighted by molar-refractivity contribution is -0.120. The number of carbonyl (C=O) groups is 2. The minimum absolute atomic E-state index is 0.0360. The summed E-state index contributed by atoms with van der Waals surface area (Å²) in [7, 11) is -3.75. The fourth-order valence-electron chi connectivity index (χ4n) is 3.41. The predicted octanol–water partition coefficient (Wildman–Crippen LogP) is 3.99. The van der Waals surface area contributed by atoms with Gasteiger partial charge in [-0.3, -0.25) is 14.4 Å². The molecule has 194 valence electrons. The maximum absolute atomic E-state index is 12.6. The maximum Gasteiger partial charge on any atom is 0.283 e. The number of hydroxylamine groups is 1. The van der Waals surface area contributed by atoms with Gasteiger partial charge in [0, 0.05) is 5.02 Å². The van der Waals surface area contributed by atoms with Crippen LogP contribution in [-0.4, -0.2) is 46.6 Å². The third kappa shape index (κ3) is 6.80. The second-order valence-electron chi connectivity index (χ2n) is 9.30. The number of carbonyl (C=O) groups excluding carboxylic acids is 2. The Hall–Kier alpha value is -3.02.